The average Bonchev–Trinajstić information content (AvgIpc) is 3.09. The van der Waals surface area contributed by atoms with Crippen molar-refractivity contribution in [1.82, 2.24) is 0 Å². The van der Waals surface area contributed by atoms with Crippen LogP contribution in [0.15, 0.2) is 54.6 Å². The summed E-state index contributed by atoms with van der Waals surface area (Å²) in [5, 5.41) is 4.99. The second-order valence-electron chi connectivity index (χ2n) is 7.31. The highest BCUT2D eigenvalue weighted by Crippen LogP contribution is 2.35. The van der Waals surface area contributed by atoms with Gasteiger partial charge in [-0.05, 0) is 66.6 Å². The van der Waals surface area contributed by atoms with Crippen LogP contribution in [0.4, 0.5) is 15.8 Å². The quantitative estimate of drug-likeness (QED) is 0.692. The van der Waals surface area contributed by atoms with E-state index in [0.29, 0.717) is 5.69 Å². The summed E-state index contributed by atoms with van der Waals surface area (Å²) in [6.07, 6.45) is 2.99. The van der Waals surface area contributed by atoms with E-state index in [4.69, 9.17) is 0 Å². The Morgan fingerprint density at radius 2 is 1.69 bits per heavy atom. The van der Waals surface area contributed by atoms with Crippen LogP contribution in [-0.2, 0) is 27.7 Å². The number of halogens is 1. The topological polar surface area (TPSA) is 66.5 Å². The number of carbonyl (C=O) groups is 1. The Morgan fingerprint density at radius 1 is 1.03 bits per heavy atom. The number of hydrogen-bond acceptors (Lipinski definition) is 3. The lowest BCUT2D eigenvalue weighted by molar-refractivity contribution is -0.116. The molecule has 150 valence electrons. The highest BCUT2D eigenvalue weighted by molar-refractivity contribution is 7.92. The Hall–Kier alpha value is -2.93. The van der Waals surface area contributed by atoms with Crippen molar-refractivity contribution < 1.29 is 17.6 Å². The van der Waals surface area contributed by atoms with Gasteiger partial charge in [-0.3, -0.25) is 9.10 Å². The summed E-state index contributed by atoms with van der Waals surface area (Å²) in [5.74, 6) is -0.939. The summed E-state index contributed by atoms with van der Waals surface area (Å²) in [5.41, 5.74) is 3.39. The Kier molecular flexibility index (Phi) is 4.78. The summed E-state index contributed by atoms with van der Waals surface area (Å²) in [6.45, 7) is 1.51. The van der Waals surface area contributed by atoms with Gasteiger partial charge in [0, 0.05) is 11.1 Å². The van der Waals surface area contributed by atoms with Gasteiger partial charge >= 0.3 is 0 Å². The lowest BCUT2D eigenvalue weighted by atomic mass is 10.0. The number of nitrogens with zero attached hydrogens (tertiary/aromatic N) is 1. The van der Waals surface area contributed by atoms with Gasteiger partial charge in [-0.2, -0.15) is 0 Å². The third-order valence-corrected chi connectivity index (χ3v) is 6.55. The molecule has 0 saturated heterocycles. The molecule has 3 aromatic rings. The van der Waals surface area contributed by atoms with E-state index in [1.807, 2.05) is 24.3 Å². The molecule has 1 aliphatic rings. The van der Waals surface area contributed by atoms with Gasteiger partial charge in [0.15, 0.2) is 0 Å². The normalized spacial score (nSPS) is 14.0. The van der Waals surface area contributed by atoms with E-state index in [1.165, 1.54) is 42.3 Å². The summed E-state index contributed by atoms with van der Waals surface area (Å²) in [4.78, 5) is 13.0. The predicted octanol–water partition coefficient (Wildman–Crippen LogP) is 3.87. The first-order valence-electron chi connectivity index (χ1n) is 9.35. The van der Waals surface area contributed by atoms with Crippen molar-refractivity contribution in [2.45, 2.75) is 25.8 Å². The van der Waals surface area contributed by atoms with Crippen molar-refractivity contribution in [3.63, 3.8) is 0 Å². The fourth-order valence-electron chi connectivity index (χ4n) is 3.99. The first kappa shape index (κ1) is 19.4. The predicted molar refractivity (Wildman–Crippen MR) is 113 cm³/mol. The molecule has 1 aliphatic carbocycles. The van der Waals surface area contributed by atoms with E-state index in [9.17, 15) is 17.6 Å². The van der Waals surface area contributed by atoms with E-state index >= 15 is 0 Å². The molecule has 0 aliphatic heterocycles. The molecule has 7 heteroatoms. The van der Waals surface area contributed by atoms with Crippen molar-refractivity contribution in [3.05, 3.63) is 71.5 Å². The maximum absolute atomic E-state index is 13.3. The summed E-state index contributed by atoms with van der Waals surface area (Å²) in [6, 6.07) is 13.9. The molecule has 3 aromatic carbocycles. The minimum absolute atomic E-state index is 0.233. The number of anilines is 2. The number of sulfonamides is 1. The maximum atomic E-state index is 13.3. The number of aryl methyl sites for hydroxylation is 2. The van der Waals surface area contributed by atoms with E-state index in [0.717, 1.165) is 34.2 Å². The zero-order valence-electron chi connectivity index (χ0n) is 16.1. The number of carbonyl (C=O) groups excluding carboxylic acids is 1. The smallest absolute Gasteiger partial charge is 0.248 e. The SMILES string of the molecule is CC(C(=O)Nc1ccc2c3c(cccc13)CC2)N(c1ccc(F)cc1)S(C)(=O)=O. The third kappa shape index (κ3) is 3.58. The molecule has 0 radical (unpaired) electrons. The molecule has 29 heavy (non-hydrogen) atoms. The molecule has 0 fully saturated rings. The summed E-state index contributed by atoms with van der Waals surface area (Å²) in [7, 11) is -3.76. The largest absolute Gasteiger partial charge is 0.324 e. The van der Waals surface area contributed by atoms with Crippen LogP contribution < -0.4 is 9.62 Å². The van der Waals surface area contributed by atoms with Crippen LogP contribution in [0.5, 0.6) is 0 Å². The number of rotatable bonds is 5. The summed E-state index contributed by atoms with van der Waals surface area (Å²) < 4.78 is 39.0. The van der Waals surface area contributed by atoms with Gasteiger partial charge in [-0.1, -0.05) is 24.3 Å². The zero-order valence-corrected chi connectivity index (χ0v) is 17.0. The number of nitrogens with one attached hydrogen (secondary N) is 1. The van der Waals surface area contributed by atoms with Crippen molar-refractivity contribution in [1.29, 1.82) is 0 Å². The minimum Gasteiger partial charge on any atom is -0.324 e. The van der Waals surface area contributed by atoms with Crippen LogP contribution in [0.1, 0.15) is 18.1 Å². The Balaban J connectivity index is 1.67. The van der Waals surface area contributed by atoms with Crippen molar-refractivity contribution in [3.8, 4) is 0 Å². The maximum Gasteiger partial charge on any atom is 0.248 e. The van der Waals surface area contributed by atoms with Crippen LogP contribution in [0.25, 0.3) is 10.8 Å². The van der Waals surface area contributed by atoms with Gasteiger partial charge in [0.25, 0.3) is 0 Å². The molecule has 0 bridgehead atoms. The van der Waals surface area contributed by atoms with Crippen LogP contribution in [0, 0.1) is 5.82 Å². The van der Waals surface area contributed by atoms with Crippen LogP contribution in [0.2, 0.25) is 0 Å². The number of benzene rings is 3. The fraction of sp³-hybridized carbons (Fsp3) is 0.227. The highest BCUT2D eigenvalue weighted by Gasteiger charge is 2.29. The molecule has 0 saturated carbocycles. The van der Waals surface area contributed by atoms with E-state index < -0.39 is 27.8 Å². The van der Waals surface area contributed by atoms with E-state index in [1.54, 1.807) is 0 Å². The van der Waals surface area contributed by atoms with Crippen molar-refractivity contribution in [2.24, 2.45) is 0 Å². The fourth-order valence-corrected chi connectivity index (χ4v) is 5.16. The zero-order chi connectivity index (χ0) is 20.8. The molecule has 0 heterocycles. The van der Waals surface area contributed by atoms with E-state index in [2.05, 4.69) is 11.4 Å². The van der Waals surface area contributed by atoms with Crippen LogP contribution in [0.3, 0.4) is 0 Å². The monoisotopic (exact) mass is 412 g/mol. The highest BCUT2D eigenvalue weighted by atomic mass is 32.2. The second kappa shape index (κ2) is 7.15. The first-order valence-corrected chi connectivity index (χ1v) is 11.2. The number of amides is 1. The molecular formula is C22H21FN2O3S. The molecule has 1 N–H and O–H groups in total. The van der Waals surface area contributed by atoms with Crippen LogP contribution >= 0.6 is 0 Å². The molecule has 1 amide bonds. The average molecular weight is 412 g/mol. The minimum atomic E-state index is -3.76. The van der Waals surface area contributed by atoms with Gasteiger partial charge < -0.3 is 5.32 Å². The molecule has 4 rings (SSSR count). The van der Waals surface area contributed by atoms with Gasteiger partial charge in [-0.15, -0.1) is 0 Å². The lowest BCUT2D eigenvalue weighted by Crippen LogP contribution is -2.45. The standard InChI is InChI=1S/C22H21FN2O3S/c1-14(25(29(2,27)28)18-11-9-17(23)10-12-18)22(26)24-20-13-8-16-7-6-15-4-3-5-19(20)21(15)16/h3-5,8-14H,6-7H2,1-2H3,(H,24,26). The molecule has 0 spiro atoms. The molecule has 1 atom stereocenters. The van der Waals surface area contributed by atoms with Gasteiger partial charge in [-0.25, -0.2) is 12.8 Å². The van der Waals surface area contributed by atoms with Gasteiger partial charge in [0.2, 0.25) is 15.9 Å². The Bertz CT molecular complexity index is 1200. The Morgan fingerprint density at radius 3 is 2.34 bits per heavy atom. The first-order chi connectivity index (χ1) is 13.8. The molecule has 1 unspecified atom stereocenters. The summed E-state index contributed by atoms with van der Waals surface area (Å²) >= 11 is 0. The van der Waals surface area contributed by atoms with Crippen molar-refractivity contribution in [2.75, 3.05) is 15.9 Å². The van der Waals surface area contributed by atoms with E-state index in [-0.39, 0.29) is 5.69 Å². The molecule has 5 nitrogen and oxygen atoms in total. The lowest BCUT2D eigenvalue weighted by Gasteiger charge is -2.28. The van der Waals surface area contributed by atoms with Crippen LogP contribution in [-0.4, -0.2) is 26.6 Å². The van der Waals surface area contributed by atoms with Gasteiger partial charge in [0.1, 0.15) is 11.9 Å². The number of hydrogen-bond donors (Lipinski definition) is 1. The van der Waals surface area contributed by atoms with Gasteiger partial charge in [0.05, 0.1) is 11.9 Å². The third-order valence-electron chi connectivity index (χ3n) is 5.30. The van der Waals surface area contributed by atoms with Crippen molar-refractivity contribution >= 4 is 38.1 Å². The Labute approximate surface area is 169 Å². The second-order valence-corrected chi connectivity index (χ2v) is 9.17. The molecular weight excluding hydrogens is 391 g/mol. The molecule has 0 aromatic heterocycles.